The minimum absolute atomic E-state index is 0.0306. The number of carbonyl (C=O) groups excluding carboxylic acids is 1. The number of nitrogens with zero attached hydrogens (tertiary/aromatic N) is 1. The Hall–Kier alpha value is -2.82. The molecule has 21 heavy (non-hydrogen) atoms. The molecule has 5 heteroatoms. The molecule has 0 fully saturated rings. The maximum Gasteiger partial charge on any atom is 0.408 e. The molecular formula is C16H14NO4. The van der Waals surface area contributed by atoms with E-state index in [0.717, 1.165) is 15.7 Å². The van der Waals surface area contributed by atoms with E-state index in [9.17, 15) is 19.8 Å². The van der Waals surface area contributed by atoms with E-state index in [0.29, 0.717) is 5.56 Å². The Kier molecular flexibility index (Phi) is 4.23. The summed E-state index contributed by atoms with van der Waals surface area (Å²) in [6.45, 7) is 3.52. The standard InChI is InChI=1S/C16H14NO4/c1-2-7-17(16(20)21)15(10-18)13-4-3-12-9-14(19)6-5-11(12)8-13/h2-6,8-9,15,19H,1,7H2,(H,20,21). The highest BCUT2D eigenvalue weighted by atomic mass is 16.4. The zero-order valence-electron chi connectivity index (χ0n) is 11.2. The van der Waals surface area contributed by atoms with Crippen LogP contribution in [0.1, 0.15) is 11.6 Å². The maximum atomic E-state index is 11.2. The number of benzene rings is 2. The molecule has 1 amide bonds. The predicted molar refractivity (Wildman–Crippen MR) is 79.0 cm³/mol. The molecule has 107 valence electrons. The molecule has 0 aliphatic carbocycles. The van der Waals surface area contributed by atoms with Gasteiger partial charge >= 0.3 is 6.09 Å². The summed E-state index contributed by atoms with van der Waals surface area (Å²) in [5, 5.41) is 20.2. The Morgan fingerprint density at radius 2 is 1.95 bits per heavy atom. The monoisotopic (exact) mass is 284 g/mol. The molecule has 0 aliphatic rings. The van der Waals surface area contributed by atoms with Crippen LogP contribution < -0.4 is 0 Å². The zero-order chi connectivity index (χ0) is 15.4. The van der Waals surface area contributed by atoms with Crippen molar-refractivity contribution in [3.63, 3.8) is 0 Å². The summed E-state index contributed by atoms with van der Waals surface area (Å²) >= 11 is 0. The lowest BCUT2D eigenvalue weighted by Gasteiger charge is -2.23. The predicted octanol–water partition coefficient (Wildman–Crippen LogP) is 2.86. The van der Waals surface area contributed by atoms with Crippen molar-refractivity contribution < 1.29 is 19.8 Å². The molecular weight excluding hydrogens is 270 g/mol. The highest BCUT2D eigenvalue weighted by molar-refractivity contribution is 5.85. The Bertz CT molecular complexity index is 696. The van der Waals surface area contributed by atoms with Crippen LogP contribution in [0.15, 0.2) is 49.1 Å². The van der Waals surface area contributed by atoms with Crippen molar-refractivity contribution in [1.82, 2.24) is 4.90 Å². The van der Waals surface area contributed by atoms with Crippen molar-refractivity contribution in [2.24, 2.45) is 0 Å². The number of carbonyl (C=O) groups is 1. The van der Waals surface area contributed by atoms with Crippen molar-refractivity contribution in [2.75, 3.05) is 6.54 Å². The third-order valence-corrected chi connectivity index (χ3v) is 3.16. The van der Waals surface area contributed by atoms with Crippen molar-refractivity contribution in [3.05, 3.63) is 54.6 Å². The Morgan fingerprint density at radius 1 is 1.29 bits per heavy atom. The van der Waals surface area contributed by atoms with E-state index in [-0.39, 0.29) is 12.3 Å². The van der Waals surface area contributed by atoms with E-state index in [4.69, 9.17) is 0 Å². The lowest BCUT2D eigenvalue weighted by molar-refractivity contribution is 0.142. The number of amides is 1. The van der Waals surface area contributed by atoms with Gasteiger partial charge in [-0.15, -0.1) is 6.58 Å². The summed E-state index contributed by atoms with van der Waals surface area (Å²) in [7, 11) is 0. The van der Waals surface area contributed by atoms with Crippen molar-refractivity contribution in [2.45, 2.75) is 6.04 Å². The van der Waals surface area contributed by atoms with Crippen LogP contribution >= 0.6 is 0 Å². The van der Waals surface area contributed by atoms with E-state index in [1.165, 1.54) is 12.1 Å². The number of carboxylic acid groups (broad SMARTS) is 1. The molecule has 0 saturated carbocycles. The molecule has 0 spiro atoms. The number of hydrogen-bond donors (Lipinski definition) is 2. The second kappa shape index (κ2) is 6.09. The molecule has 1 radical (unpaired) electrons. The van der Waals surface area contributed by atoms with Gasteiger partial charge in [0.25, 0.3) is 0 Å². The Labute approximate surface area is 121 Å². The number of rotatable bonds is 5. The van der Waals surface area contributed by atoms with Crippen LogP contribution in [0.4, 0.5) is 4.79 Å². The van der Waals surface area contributed by atoms with Gasteiger partial charge in [-0.05, 0) is 34.5 Å². The van der Waals surface area contributed by atoms with Crippen LogP contribution in [-0.4, -0.2) is 34.0 Å². The van der Waals surface area contributed by atoms with Crippen LogP contribution in [0.3, 0.4) is 0 Å². The normalized spacial score (nSPS) is 11.8. The van der Waals surface area contributed by atoms with Gasteiger partial charge in [0.1, 0.15) is 11.8 Å². The van der Waals surface area contributed by atoms with Gasteiger partial charge in [-0.2, -0.15) is 0 Å². The molecule has 1 atom stereocenters. The summed E-state index contributed by atoms with van der Waals surface area (Å²) in [5.74, 6) is 0.146. The fraction of sp³-hybridized carbons (Fsp3) is 0.125. The zero-order valence-corrected chi connectivity index (χ0v) is 11.2. The summed E-state index contributed by atoms with van der Waals surface area (Å²) in [4.78, 5) is 23.4. The third kappa shape index (κ3) is 3.02. The van der Waals surface area contributed by atoms with Gasteiger partial charge in [0.05, 0.1) is 0 Å². The smallest absolute Gasteiger partial charge is 0.408 e. The first-order chi connectivity index (χ1) is 10.1. The summed E-state index contributed by atoms with van der Waals surface area (Å²) in [6.07, 6.45) is 1.96. The van der Waals surface area contributed by atoms with Gasteiger partial charge in [0.2, 0.25) is 6.29 Å². The van der Waals surface area contributed by atoms with Crippen LogP contribution in [-0.2, 0) is 4.79 Å². The third-order valence-electron chi connectivity index (χ3n) is 3.16. The lowest BCUT2D eigenvalue weighted by Crippen LogP contribution is -2.34. The molecule has 0 aliphatic heterocycles. The Balaban J connectivity index is 2.46. The minimum atomic E-state index is -1.21. The molecule has 0 bridgehead atoms. The van der Waals surface area contributed by atoms with Gasteiger partial charge < -0.3 is 10.2 Å². The molecule has 2 N–H and O–H groups in total. The number of aromatic hydroxyl groups is 1. The molecule has 2 aromatic carbocycles. The first-order valence-corrected chi connectivity index (χ1v) is 6.27. The van der Waals surface area contributed by atoms with Gasteiger partial charge in [-0.3, -0.25) is 9.69 Å². The van der Waals surface area contributed by atoms with Gasteiger partial charge in [0, 0.05) is 6.54 Å². The van der Waals surface area contributed by atoms with Crippen LogP contribution in [0, 0.1) is 0 Å². The lowest BCUT2D eigenvalue weighted by atomic mass is 10.0. The number of phenols is 1. The summed E-state index contributed by atoms with van der Waals surface area (Å²) in [6, 6.07) is 8.90. The number of fused-ring (bicyclic) bond motifs is 1. The summed E-state index contributed by atoms with van der Waals surface area (Å²) < 4.78 is 0. The quantitative estimate of drug-likeness (QED) is 0.828. The molecule has 2 aromatic rings. The fourth-order valence-electron chi connectivity index (χ4n) is 2.17. The molecule has 0 aromatic heterocycles. The van der Waals surface area contributed by atoms with Gasteiger partial charge in [-0.25, -0.2) is 4.79 Å². The maximum absolute atomic E-state index is 11.2. The van der Waals surface area contributed by atoms with Gasteiger partial charge in [0.15, 0.2) is 0 Å². The van der Waals surface area contributed by atoms with Crippen LogP contribution in [0.2, 0.25) is 0 Å². The molecule has 0 heterocycles. The minimum Gasteiger partial charge on any atom is -0.508 e. The van der Waals surface area contributed by atoms with Gasteiger partial charge in [-0.1, -0.05) is 24.3 Å². The largest absolute Gasteiger partial charge is 0.508 e. The fourth-order valence-corrected chi connectivity index (χ4v) is 2.17. The number of phenolic OH excluding ortho intramolecular Hbond substituents is 1. The molecule has 2 rings (SSSR count). The first-order valence-electron chi connectivity index (χ1n) is 6.27. The average Bonchev–Trinajstić information content (AvgIpc) is 2.47. The van der Waals surface area contributed by atoms with E-state index in [1.54, 1.807) is 36.6 Å². The van der Waals surface area contributed by atoms with Crippen molar-refractivity contribution in [3.8, 4) is 5.75 Å². The van der Waals surface area contributed by atoms with E-state index >= 15 is 0 Å². The SMILES string of the molecule is C=CCN(C(=O)O)C([C]=O)c1ccc2cc(O)ccc2c1. The summed E-state index contributed by atoms with van der Waals surface area (Å²) in [5.41, 5.74) is 0.521. The van der Waals surface area contributed by atoms with E-state index in [2.05, 4.69) is 6.58 Å². The van der Waals surface area contributed by atoms with Crippen LogP contribution in [0.5, 0.6) is 5.75 Å². The number of hydrogen-bond acceptors (Lipinski definition) is 3. The highest BCUT2D eigenvalue weighted by Gasteiger charge is 2.24. The van der Waals surface area contributed by atoms with Crippen molar-refractivity contribution in [1.29, 1.82) is 0 Å². The second-order valence-electron chi connectivity index (χ2n) is 4.53. The average molecular weight is 284 g/mol. The van der Waals surface area contributed by atoms with Crippen LogP contribution in [0.25, 0.3) is 10.8 Å². The molecule has 5 nitrogen and oxygen atoms in total. The van der Waals surface area contributed by atoms with E-state index in [1.807, 2.05) is 0 Å². The topological polar surface area (TPSA) is 77.8 Å². The second-order valence-corrected chi connectivity index (χ2v) is 4.53. The first kappa shape index (κ1) is 14.6. The highest BCUT2D eigenvalue weighted by Crippen LogP contribution is 2.26. The Morgan fingerprint density at radius 3 is 2.57 bits per heavy atom. The molecule has 1 unspecified atom stereocenters. The van der Waals surface area contributed by atoms with Crippen molar-refractivity contribution >= 4 is 23.2 Å². The van der Waals surface area contributed by atoms with E-state index < -0.39 is 12.1 Å². The molecule has 0 saturated heterocycles.